The number of nitrogens with one attached hydrogen (secondary N) is 2. The third-order valence-electron chi connectivity index (χ3n) is 5.30. The van der Waals surface area contributed by atoms with Crippen LogP contribution in [0.5, 0.6) is 0 Å². The van der Waals surface area contributed by atoms with Crippen LogP contribution in [0, 0.1) is 13.8 Å². The third-order valence-corrected chi connectivity index (χ3v) is 5.30. The molecule has 0 aromatic carbocycles. The molecular formula is C17H25N7O. The first kappa shape index (κ1) is 16.1. The van der Waals surface area contributed by atoms with Gasteiger partial charge in [-0.05, 0) is 39.5 Å². The second-order valence-corrected chi connectivity index (χ2v) is 7.12. The van der Waals surface area contributed by atoms with E-state index in [2.05, 4.69) is 25.6 Å². The average Bonchev–Trinajstić information content (AvgIpc) is 3.34. The molecule has 1 saturated heterocycles. The zero-order valence-electron chi connectivity index (χ0n) is 14.8. The Morgan fingerprint density at radius 3 is 2.76 bits per heavy atom. The van der Waals surface area contributed by atoms with Gasteiger partial charge in [0.25, 0.3) is 0 Å². The highest BCUT2D eigenvalue weighted by Gasteiger charge is 2.33. The van der Waals surface area contributed by atoms with Crippen LogP contribution in [-0.4, -0.2) is 42.4 Å². The predicted molar refractivity (Wildman–Crippen MR) is 93.3 cm³/mol. The molecule has 8 nitrogen and oxygen atoms in total. The van der Waals surface area contributed by atoms with Gasteiger partial charge in [-0.15, -0.1) is 0 Å². The van der Waals surface area contributed by atoms with E-state index in [-0.39, 0.29) is 12.1 Å². The summed E-state index contributed by atoms with van der Waals surface area (Å²) in [5, 5.41) is 14.7. The SMILES string of the molecule is Cc1nc([C@@H]2CCCN2C(=O)Nc2c(C)cnn2C2CCCC2)n[nH]1. The third kappa shape index (κ3) is 3.01. The number of urea groups is 1. The Morgan fingerprint density at radius 1 is 1.24 bits per heavy atom. The summed E-state index contributed by atoms with van der Waals surface area (Å²) in [4.78, 5) is 19.2. The predicted octanol–water partition coefficient (Wildman–Crippen LogP) is 3.10. The molecule has 1 aliphatic carbocycles. The zero-order valence-corrected chi connectivity index (χ0v) is 14.8. The summed E-state index contributed by atoms with van der Waals surface area (Å²) in [6, 6.07) is 0.245. The van der Waals surface area contributed by atoms with Crippen LogP contribution >= 0.6 is 0 Å². The number of aryl methyl sites for hydroxylation is 2. The number of hydrogen-bond acceptors (Lipinski definition) is 4. The van der Waals surface area contributed by atoms with Gasteiger partial charge in [0.15, 0.2) is 5.82 Å². The van der Waals surface area contributed by atoms with Gasteiger partial charge in [-0.3, -0.25) is 10.4 Å². The fourth-order valence-electron chi connectivity index (χ4n) is 3.99. The number of carbonyl (C=O) groups excluding carboxylic acids is 1. The molecule has 2 aromatic heterocycles. The lowest BCUT2D eigenvalue weighted by atomic mass is 10.2. The van der Waals surface area contributed by atoms with Gasteiger partial charge in [-0.2, -0.15) is 10.2 Å². The van der Waals surface area contributed by atoms with E-state index >= 15 is 0 Å². The minimum Gasteiger partial charge on any atom is -0.314 e. The van der Waals surface area contributed by atoms with E-state index in [4.69, 9.17) is 0 Å². The van der Waals surface area contributed by atoms with Crippen molar-refractivity contribution in [1.82, 2.24) is 29.9 Å². The lowest BCUT2D eigenvalue weighted by molar-refractivity contribution is 0.204. The molecule has 2 N–H and O–H groups in total. The molecule has 3 heterocycles. The van der Waals surface area contributed by atoms with Crippen LogP contribution in [-0.2, 0) is 0 Å². The van der Waals surface area contributed by atoms with Crippen LogP contribution in [0.1, 0.15) is 67.8 Å². The topological polar surface area (TPSA) is 91.7 Å². The lowest BCUT2D eigenvalue weighted by Gasteiger charge is -2.24. The number of likely N-dealkylation sites (tertiary alicyclic amines) is 1. The van der Waals surface area contributed by atoms with Gasteiger partial charge in [-0.25, -0.2) is 14.5 Å². The van der Waals surface area contributed by atoms with Crippen LogP contribution in [0.25, 0.3) is 0 Å². The quantitative estimate of drug-likeness (QED) is 0.896. The van der Waals surface area contributed by atoms with E-state index in [0.29, 0.717) is 11.9 Å². The molecule has 134 valence electrons. The minimum absolute atomic E-state index is 0.0619. The molecule has 0 radical (unpaired) electrons. The van der Waals surface area contributed by atoms with Crippen molar-refractivity contribution in [3.8, 4) is 0 Å². The number of amides is 2. The average molecular weight is 343 g/mol. The molecule has 1 aliphatic heterocycles. The molecule has 2 aliphatic rings. The summed E-state index contributed by atoms with van der Waals surface area (Å²) in [5.74, 6) is 2.30. The Hall–Kier alpha value is -2.38. The van der Waals surface area contributed by atoms with Gasteiger partial charge in [-0.1, -0.05) is 12.8 Å². The molecule has 8 heteroatoms. The number of H-pyrrole nitrogens is 1. The van der Waals surface area contributed by atoms with Crippen molar-refractivity contribution in [1.29, 1.82) is 0 Å². The van der Waals surface area contributed by atoms with Crippen LogP contribution in [0.15, 0.2) is 6.20 Å². The number of aromatic amines is 1. The molecule has 25 heavy (non-hydrogen) atoms. The summed E-state index contributed by atoms with van der Waals surface area (Å²) in [6.45, 7) is 4.59. The van der Waals surface area contributed by atoms with E-state index in [1.807, 2.05) is 29.6 Å². The fourth-order valence-corrected chi connectivity index (χ4v) is 3.99. The normalized spacial score (nSPS) is 21.2. The molecule has 0 spiro atoms. The highest BCUT2D eigenvalue weighted by molar-refractivity contribution is 5.89. The number of aromatic nitrogens is 5. The van der Waals surface area contributed by atoms with E-state index in [0.717, 1.165) is 49.4 Å². The first-order valence-electron chi connectivity index (χ1n) is 9.14. The van der Waals surface area contributed by atoms with Crippen LogP contribution in [0.3, 0.4) is 0 Å². The van der Waals surface area contributed by atoms with Crippen LogP contribution in [0.4, 0.5) is 10.6 Å². The lowest BCUT2D eigenvalue weighted by Crippen LogP contribution is -2.35. The number of carbonyl (C=O) groups is 1. The minimum atomic E-state index is -0.0900. The van der Waals surface area contributed by atoms with Crippen LogP contribution in [0.2, 0.25) is 0 Å². The highest BCUT2D eigenvalue weighted by Crippen LogP contribution is 2.34. The Kier molecular flexibility index (Phi) is 4.19. The van der Waals surface area contributed by atoms with Crippen molar-refractivity contribution in [2.45, 2.75) is 64.5 Å². The smallest absolute Gasteiger partial charge is 0.314 e. The van der Waals surface area contributed by atoms with Crippen LogP contribution < -0.4 is 5.32 Å². The van der Waals surface area contributed by atoms with Crippen molar-refractivity contribution in [2.75, 3.05) is 11.9 Å². The number of anilines is 1. The second kappa shape index (κ2) is 6.50. The Morgan fingerprint density at radius 2 is 2.04 bits per heavy atom. The van der Waals surface area contributed by atoms with Crippen molar-refractivity contribution in [3.05, 3.63) is 23.4 Å². The van der Waals surface area contributed by atoms with E-state index < -0.39 is 0 Å². The van der Waals surface area contributed by atoms with Crippen molar-refractivity contribution < 1.29 is 4.79 Å². The maximum absolute atomic E-state index is 12.9. The highest BCUT2D eigenvalue weighted by atomic mass is 16.2. The zero-order chi connectivity index (χ0) is 17.4. The molecule has 2 fully saturated rings. The first-order chi connectivity index (χ1) is 12.1. The van der Waals surface area contributed by atoms with Crippen molar-refractivity contribution >= 4 is 11.8 Å². The Labute approximate surface area is 147 Å². The summed E-state index contributed by atoms with van der Waals surface area (Å²) < 4.78 is 2.00. The number of nitrogens with zero attached hydrogens (tertiary/aromatic N) is 5. The molecule has 1 atom stereocenters. The summed E-state index contributed by atoms with van der Waals surface area (Å²) >= 11 is 0. The molecule has 1 saturated carbocycles. The van der Waals surface area contributed by atoms with Gasteiger partial charge >= 0.3 is 6.03 Å². The molecule has 2 amide bonds. The Balaban J connectivity index is 1.53. The largest absolute Gasteiger partial charge is 0.323 e. The summed E-state index contributed by atoms with van der Waals surface area (Å²) in [6.07, 6.45) is 8.43. The monoisotopic (exact) mass is 343 g/mol. The van der Waals surface area contributed by atoms with E-state index in [9.17, 15) is 4.79 Å². The summed E-state index contributed by atoms with van der Waals surface area (Å²) in [7, 11) is 0. The van der Waals surface area contributed by atoms with Crippen molar-refractivity contribution in [3.63, 3.8) is 0 Å². The maximum atomic E-state index is 12.9. The molecular weight excluding hydrogens is 318 g/mol. The van der Waals surface area contributed by atoms with Crippen molar-refractivity contribution in [2.24, 2.45) is 0 Å². The standard InChI is InChI=1S/C17H25N7O/c1-11-10-18-24(13-6-3-4-7-13)16(11)20-17(25)23-9-5-8-14(23)15-19-12(2)21-22-15/h10,13-14H,3-9H2,1-2H3,(H,20,25)(H,19,21,22)/t14-/m0/s1. The molecule has 4 rings (SSSR count). The van der Waals surface area contributed by atoms with E-state index in [1.165, 1.54) is 12.8 Å². The van der Waals surface area contributed by atoms with Gasteiger partial charge in [0.1, 0.15) is 11.6 Å². The maximum Gasteiger partial charge on any atom is 0.323 e. The molecule has 2 aromatic rings. The van der Waals surface area contributed by atoms with Gasteiger partial charge in [0.05, 0.1) is 18.3 Å². The second-order valence-electron chi connectivity index (χ2n) is 7.12. The van der Waals surface area contributed by atoms with Gasteiger partial charge in [0, 0.05) is 12.1 Å². The number of rotatable bonds is 3. The van der Waals surface area contributed by atoms with E-state index in [1.54, 1.807) is 0 Å². The van der Waals surface area contributed by atoms with Gasteiger partial charge < -0.3 is 4.90 Å². The number of hydrogen-bond donors (Lipinski definition) is 2. The molecule has 0 unspecified atom stereocenters. The van der Waals surface area contributed by atoms with Gasteiger partial charge in [0.2, 0.25) is 0 Å². The molecule has 0 bridgehead atoms. The summed E-state index contributed by atoms with van der Waals surface area (Å²) in [5.41, 5.74) is 1.00. The fraction of sp³-hybridized carbons (Fsp3) is 0.647. The Bertz CT molecular complexity index is 759. The first-order valence-corrected chi connectivity index (χ1v) is 9.14.